The summed E-state index contributed by atoms with van der Waals surface area (Å²) < 4.78 is 10.7. The molecule has 4 nitrogen and oxygen atoms in total. The summed E-state index contributed by atoms with van der Waals surface area (Å²) in [6, 6.07) is 3.31. The Labute approximate surface area is 126 Å². The van der Waals surface area contributed by atoms with Crippen LogP contribution in [0.25, 0.3) is 0 Å². The molecule has 0 aromatic heterocycles. The normalized spacial score (nSPS) is 11.1. The first kappa shape index (κ1) is 16.0. The van der Waals surface area contributed by atoms with Crippen molar-refractivity contribution in [3.05, 3.63) is 33.3 Å². The predicted octanol–water partition coefficient (Wildman–Crippen LogP) is 4.24. The lowest BCUT2D eigenvalue weighted by Crippen LogP contribution is -2.04. The van der Waals surface area contributed by atoms with E-state index >= 15 is 0 Å². The first-order valence-electron chi connectivity index (χ1n) is 5.20. The van der Waals surface area contributed by atoms with E-state index in [1.54, 1.807) is 19.1 Å². The van der Waals surface area contributed by atoms with Gasteiger partial charge in [0.15, 0.2) is 0 Å². The van der Waals surface area contributed by atoms with Crippen LogP contribution in [0.2, 0.25) is 5.02 Å². The van der Waals surface area contributed by atoms with Gasteiger partial charge in [-0.1, -0.05) is 40.0 Å². The van der Waals surface area contributed by atoms with E-state index in [2.05, 4.69) is 5.16 Å². The first-order chi connectivity index (χ1) is 9.01. The van der Waals surface area contributed by atoms with Crippen molar-refractivity contribution in [2.45, 2.75) is 6.92 Å². The molecule has 0 bridgehead atoms. The zero-order chi connectivity index (χ0) is 14.4. The molecule has 1 aromatic carbocycles. The summed E-state index contributed by atoms with van der Waals surface area (Å²) in [5.41, 5.74) is 0.752. The monoisotopic (exact) mass is 323 g/mol. The fraction of sp³-hybridized carbons (Fsp3) is 0.250. The molecule has 0 aliphatic heterocycles. The van der Waals surface area contributed by atoms with Crippen LogP contribution in [0.4, 0.5) is 0 Å². The van der Waals surface area contributed by atoms with E-state index in [0.29, 0.717) is 27.8 Å². The molecule has 0 aliphatic rings. The third kappa shape index (κ3) is 4.20. The molecular weight excluding hydrogens is 312 g/mol. The summed E-state index contributed by atoms with van der Waals surface area (Å²) in [6.45, 7) is 1.76. The second-order valence-electron chi connectivity index (χ2n) is 3.45. The molecule has 19 heavy (non-hydrogen) atoms. The van der Waals surface area contributed by atoms with Gasteiger partial charge in [0.05, 0.1) is 23.4 Å². The number of halogens is 3. The largest absolute Gasteiger partial charge is 0.495 e. The molecule has 0 aliphatic carbocycles. The van der Waals surface area contributed by atoms with E-state index in [1.807, 2.05) is 0 Å². The molecule has 0 heterocycles. The van der Waals surface area contributed by atoms with Crippen molar-refractivity contribution in [1.82, 2.24) is 0 Å². The van der Waals surface area contributed by atoms with Crippen LogP contribution in [0.1, 0.15) is 12.5 Å². The van der Waals surface area contributed by atoms with Crippen LogP contribution in [0.15, 0.2) is 27.9 Å². The van der Waals surface area contributed by atoms with Gasteiger partial charge in [0.25, 0.3) is 0 Å². The first-order valence-corrected chi connectivity index (χ1v) is 6.34. The Hall–Kier alpha value is -1.10. The average Bonchev–Trinajstić information content (AvgIpc) is 2.38. The Morgan fingerprint density at radius 2 is 2.00 bits per heavy atom. The minimum atomic E-state index is 0.105. The maximum absolute atomic E-state index is 8.89. The second-order valence-corrected chi connectivity index (χ2v) is 4.83. The lowest BCUT2D eigenvalue weighted by atomic mass is 10.1. The quantitative estimate of drug-likeness (QED) is 0.500. The Balaban J connectivity index is 3.17. The molecule has 1 aromatic rings. The van der Waals surface area contributed by atoms with Crippen molar-refractivity contribution in [2.24, 2.45) is 5.16 Å². The molecule has 7 heteroatoms. The van der Waals surface area contributed by atoms with Crippen LogP contribution in [0, 0.1) is 0 Å². The van der Waals surface area contributed by atoms with Crippen molar-refractivity contribution in [3.8, 4) is 11.5 Å². The van der Waals surface area contributed by atoms with Crippen molar-refractivity contribution in [1.29, 1.82) is 0 Å². The fourth-order valence-electron chi connectivity index (χ4n) is 1.40. The summed E-state index contributed by atoms with van der Waals surface area (Å²) in [4.78, 5) is 0. The molecule has 0 fully saturated rings. The molecule has 0 saturated heterocycles. The molecule has 0 amide bonds. The molecule has 1 rings (SSSR count). The third-order valence-corrected chi connectivity index (χ3v) is 2.96. The molecular formula is C12H12Cl3NO3. The molecule has 1 N–H and O–H groups in total. The third-order valence-electron chi connectivity index (χ3n) is 2.28. The van der Waals surface area contributed by atoms with Crippen LogP contribution in [0.3, 0.4) is 0 Å². The average molecular weight is 325 g/mol. The summed E-state index contributed by atoms with van der Waals surface area (Å²) in [5.74, 6) is 0.893. The van der Waals surface area contributed by atoms with Crippen molar-refractivity contribution in [2.75, 3.05) is 13.7 Å². The van der Waals surface area contributed by atoms with Gasteiger partial charge >= 0.3 is 0 Å². The Morgan fingerprint density at radius 3 is 2.53 bits per heavy atom. The molecule has 104 valence electrons. The van der Waals surface area contributed by atoms with Gasteiger partial charge in [-0.2, -0.15) is 0 Å². The highest BCUT2D eigenvalue weighted by atomic mass is 35.5. The lowest BCUT2D eigenvalue weighted by Gasteiger charge is -2.13. The van der Waals surface area contributed by atoms with Crippen molar-refractivity contribution >= 4 is 40.5 Å². The Morgan fingerprint density at radius 1 is 1.37 bits per heavy atom. The summed E-state index contributed by atoms with van der Waals surface area (Å²) in [5, 5.41) is 12.3. The smallest absolute Gasteiger partial charge is 0.138 e. The molecule has 0 spiro atoms. The fourth-order valence-corrected chi connectivity index (χ4v) is 1.89. The minimum absolute atomic E-state index is 0.105. The number of hydrogen-bond acceptors (Lipinski definition) is 4. The van der Waals surface area contributed by atoms with Gasteiger partial charge in [-0.15, -0.1) is 0 Å². The van der Waals surface area contributed by atoms with E-state index in [1.165, 1.54) is 13.2 Å². The van der Waals surface area contributed by atoms with E-state index in [9.17, 15) is 0 Å². The highest BCUT2D eigenvalue weighted by Gasteiger charge is 2.16. The number of ether oxygens (including phenoxy) is 2. The van der Waals surface area contributed by atoms with Crippen LogP contribution in [0.5, 0.6) is 11.5 Å². The summed E-state index contributed by atoms with van der Waals surface area (Å²) in [6.07, 6.45) is 1.48. The van der Waals surface area contributed by atoms with Crippen LogP contribution in [-0.4, -0.2) is 24.6 Å². The van der Waals surface area contributed by atoms with Gasteiger partial charge in [-0.05, 0) is 25.1 Å². The van der Waals surface area contributed by atoms with E-state index in [4.69, 9.17) is 49.5 Å². The topological polar surface area (TPSA) is 51.0 Å². The Kier molecular flexibility index (Phi) is 6.28. The molecule has 0 unspecified atom stereocenters. The molecule has 0 radical (unpaired) electrons. The number of oxime groups is 1. The van der Waals surface area contributed by atoms with Gasteiger partial charge < -0.3 is 14.7 Å². The SMILES string of the molecule is COc1ccc(OCC=C(Cl)Cl)c(C(C)=NO)c1Cl. The van der Waals surface area contributed by atoms with Gasteiger partial charge in [-0.25, -0.2) is 0 Å². The van der Waals surface area contributed by atoms with Gasteiger partial charge in [0, 0.05) is 0 Å². The minimum Gasteiger partial charge on any atom is -0.495 e. The zero-order valence-corrected chi connectivity index (χ0v) is 12.6. The van der Waals surface area contributed by atoms with Crippen LogP contribution in [-0.2, 0) is 0 Å². The maximum atomic E-state index is 8.89. The number of nitrogens with zero attached hydrogens (tertiary/aromatic N) is 1. The van der Waals surface area contributed by atoms with Gasteiger partial charge in [0.1, 0.15) is 22.6 Å². The predicted molar refractivity (Wildman–Crippen MR) is 77.3 cm³/mol. The van der Waals surface area contributed by atoms with Crippen molar-refractivity contribution in [3.63, 3.8) is 0 Å². The van der Waals surface area contributed by atoms with Gasteiger partial charge in [-0.3, -0.25) is 0 Å². The van der Waals surface area contributed by atoms with Crippen LogP contribution >= 0.6 is 34.8 Å². The van der Waals surface area contributed by atoms with E-state index in [-0.39, 0.29) is 11.1 Å². The van der Waals surface area contributed by atoms with Crippen molar-refractivity contribution < 1.29 is 14.7 Å². The highest BCUT2D eigenvalue weighted by molar-refractivity contribution is 6.55. The summed E-state index contributed by atoms with van der Waals surface area (Å²) in [7, 11) is 1.49. The lowest BCUT2D eigenvalue weighted by molar-refractivity contribution is 0.318. The van der Waals surface area contributed by atoms with Gasteiger partial charge in [0.2, 0.25) is 0 Å². The van der Waals surface area contributed by atoms with E-state index < -0.39 is 0 Å². The highest BCUT2D eigenvalue weighted by Crippen LogP contribution is 2.35. The molecule has 0 saturated carbocycles. The number of hydrogen-bond donors (Lipinski definition) is 1. The number of benzene rings is 1. The van der Waals surface area contributed by atoms with Crippen LogP contribution < -0.4 is 9.47 Å². The zero-order valence-electron chi connectivity index (χ0n) is 10.3. The number of methoxy groups -OCH3 is 1. The summed E-state index contributed by atoms with van der Waals surface area (Å²) >= 11 is 17.1. The van der Waals surface area contributed by atoms with E-state index in [0.717, 1.165) is 0 Å². The second kappa shape index (κ2) is 7.48. The maximum Gasteiger partial charge on any atom is 0.138 e. The number of rotatable bonds is 5. The molecule has 0 atom stereocenters. The standard InChI is InChI=1S/C12H12Cl3NO3/c1-7(16-17)11-8(19-6-5-10(13)14)3-4-9(18-2)12(11)15/h3-5,17H,6H2,1-2H3. The Bertz CT molecular complexity index is 511.